The van der Waals surface area contributed by atoms with Gasteiger partial charge in [-0.1, -0.05) is 6.08 Å². The summed E-state index contributed by atoms with van der Waals surface area (Å²) in [6.45, 7) is 3.58. The molecular weight excluding hydrogens is 246 g/mol. The normalized spacial score (nSPS) is 27.1. The summed E-state index contributed by atoms with van der Waals surface area (Å²) < 4.78 is 0. The van der Waals surface area contributed by atoms with Gasteiger partial charge in [0.2, 0.25) is 5.91 Å². The Labute approximate surface area is 112 Å². The second-order valence-corrected chi connectivity index (χ2v) is 5.79. The molecular formula is C13H19N3OS. The summed E-state index contributed by atoms with van der Waals surface area (Å²) >= 11 is 1.82. The Bertz CT molecular complexity index is 388. The molecule has 0 aromatic rings. The molecule has 4 nitrogen and oxygen atoms in total. The molecule has 98 valence electrons. The lowest BCUT2D eigenvalue weighted by Gasteiger charge is -2.32. The van der Waals surface area contributed by atoms with E-state index in [4.69, 9.17) is 0 Å². The minimum atomic E-state index is 0.314. The van der Waals surface area contributed by atoms with Gasteiger partial charge < -0.3 is 15.1 Å². The van der Waals surface area contributed by atoms with Crippen LogP contribution in [0.2, 0.25) is 0 Å². The van der Waals surface area contributed by atoms with Crippen LogP contribution < -0.4 is 5.32 Å². The maximum Gasteiger partial charge on any atom is 0.223 e. The maximum atomic E-state index is 12.3. The summed E-state index contributed by atoms with van der Waals surface area (Å²) in [4.78, 5) is 16.5. The van der Waals surface area contributed by atoms with Gasteiger partial charge in [-0.2, -0.15) is 0 Å². The fraction of sp³-hybridized carbons (Fsp3) is 0.615. The number of amides is 1. The zero-order valence-corrected chi connectivity index (χ0v) is 11.3. The number of carbonyl (C=O) groups excluding carboxylic acids is 1. The van der Waals surface area contributed by atoms with Crippen molar-refractivity contribution in [2.45, 2.75) is 12.8 Å². The molecule has 0 saturated carbocycles. The Morgan fingerprint density at radius 2 is 2.28 bits per heavy atom. The molecule has 1 unspecified atom stereocenters. The van der Waals surface area contributed by atoms with Crippen LogP contribution in [0.1, 0.15) is 12.8 Å². The van der Waals surface area contributed by atoms with Crippen molar-refractivity contribution in [3.8, 4) is 0 Å². The number of thioether (sulfide) groups is 1. The molecule has 0 aromatic heterocycles. The van der Waals surface area contributed by atoms with Crippen molar-refractivity contribution in [2.75, 3.05) is 32.1 Å². The number of allylic oxidation sites excluding steroid dienone is 2. The summed E-state index contributed by atoms with van der Waals surface area (Å²) in [5.41, 5.74) is 1.34. The first kappa shape index (κ1) is 12.1. The highest BCUT2D eigenvalue weighted by Crippen LogP contribution is 2.36. The molecule has 3 aliphatic rings. The molecule has 18 heavy (non-hydrogen) atoms. The van der Waals surface area contributed by atoms with Crippen LogP contribution in [-0.4, -0.2) is 47.8 Å². The topological polar surface area (TPSA) is 35.6 Å². The Hall–Kier alpha value is -0.940. The number of piperazine rings is 1. The molecule has 1 fully saturated rings. The minimum Gasteiger partial charge on any atom is -0.341 e. The first-order chi connectivity index (χ1) is 8.84. The number of rotatable bonds is 2. The summed E-state index contributed by atoms with van der Waals surface area (Å²) in [6, 6.07) is 0. The number of carbonyl (C=O) groups is 1. The van der Waals surface area contributed by atoms with Gasteiger partial charge in [-0.15, -0.1) is 11.8 Å². The lowest BCUT2D eigenvalue weighted by molar-refractivity contribution is -0.132. The van der Waals surface area contributed by atoms with Gasteiger partial charge in [-0.05, 0) is 11.8 Å². The van der Waals surface area contributed by atoms with Gasteiger partial charge in [0.25, 0.3) is 0 Å². The zero-order valence-electron chi connectivity index (χ0n) is 10.5. The van der Waals surface area contributed by atoms with Crippen LogP contribution in [0.4, 0.5) is 0 Å². The van der Waals surface area contributed by atoms with Gasteiger partial charge in [0, 0.05) is 50.4 Å². The Morgan fingerprint density at radius 3 is 3.11 bits per heavy atom. The lowest BCUT2D eigenvalue weighted by atomic mass is 9.94. The molecule has 0 radical (unpaired) electrons. The molecule has 0 bridgehead atoms. The van der Waals surface area contributed by atoms with E-state index in [1.54, 1.807) is 0 Å². The number of fused-ring (bicyclic) bond motifs is 1. The average Bonchev–Trinajstić information content (AvgIpc) is 2.89. The summed E-state index contributed by atoms with van der Waals surface area (Å²) in [5.74, 6) is 1.70. The summed E-state index contributed by atoms with van der Waals surface area (Å²) in [6.07, 6.45) is 6.00. The van der Waals surface area contributed by atoms with E-state index in [0.29, 0.717) is 18.2 Å². The van der Waals surface area contributed by atoms with E-state index >= 15 is 0 Å². The van der Waals surface area contributed by atoms with Crippen LogP contribution >= 0.6 is 11.8 Å². The van der Waals surface area contributed by atoms with Crippen molar-refractivity contribution in [1.29, 1.82) is 0 Å². The van der Waals surface area contributed by atoms with Crippen molar-refractivity contribution in [1.82, 2.24) is 15.1 Å². The molecule has 0 aromatic carbocycles. The standard InChI is InChI=1S/C13H19N3OS/c17-13(15-6-3-14-4-7-15)8-11-2-1-5-16-10-18-9-12(11)16/h1,5,9,11,14H,2-4,6-8,10H2. The summed E-state index contributed by atoms with van der Waals surface area (Å²) in [7, 11) is 0. The maximum absolute atomic E-state index is 12.3. The van der Waals surface area contributed by atoms with Crippen molar-refractivity contribution < 1.29 is 4.79 Å². The number of nitrogens with one attached hydrogen (secondary N) is 1. The van der Waals surface area contributed by atoms with Gasteiger partial charge in [-0.25, -0.2) is 0 Å². The Morgan fingerprint density at radius 1 is 1.44 bits per heavy atom. The average molecular weight is 265 g/mol. The van der Waals surface area contributed by atoms with Crippen LogP contribution in [-0.2, 0) is 4.79 Å². The van der Waals surface area contributed by atoms with E-state index in [1.807, 2.05) is 16.7 Å². The third kappa shape index (κ3) is 2.42. The summed E-state index contributed by atoms with van der Waals surface area (Å²) in [5, 5.41) is 5.50. The number of hydrogen-bond donors (Lipinski definition) is 1. The van der Waals surface area contributed by atoms with E-state index in [0.717, 1.165) is 38.5 Å². The molecule has 1 amide bonds. The Kier molecular flexibility index (Phi) is 3.61. The van der Waals surface area contributed by atoms with Crippen LogP contribution in [0.5, 0.6) is 0 Å². The van der Waals surface area contributed by atoms with Crippen molar-refractivity contribution in [3.63, 3.8) is 0 Å². The highest BCUT2D eigenvalue weighted by molar-refractivity contribution is 8.02. The zero-order chi connectivity index (χ0) is 12.4. The van der Waals surface area contributed by atoms with E-state index in [2.05, 4.69) is 27.9 Å². The van der Waals surface area contributed by atoms with Crippen molar-refractivity contribution in [3.05, 3.63) is 23.4 Å². The smallest absolute Gasteiger partial charge is 0.223 e. The minimum absolute atomic E-state index is 0.314. The van der Waals surface area contributed by atoms with Crippen LogP contribution in [0.3, 0.4) is 0 Å². The van der Waals surface area contributed by atoms with Crippen LogP contribution in [0.25, 0.3) is 0 Å². The van der Waals surface area contributed by atoms with E-state index < -0.39 is 0 Å². The molecule has 0 aliphatic carbocycles. The largest absolute Gasteiger partial charge is 0.341 e. The van der Waals surface area contributed by atoms with Crippen molar-refractivity contribution in [2.24, 2.45) is 5.92 Å². The highest BCUT2D eigenvalue weighted by Gasteiger charge is 2.28. The molecule has 3 heterocycles. The first-order valence-electron chi connectivity index (χ1n) is 6.58. The fourth-order valence-corrected chi connectivity index (χ4v) is 3.69. The fourth-order valence-electron chi connectivity index (χ4n) is 2.72. The van der Waals surface area contributed by atoms with E-state index in [1.165, 1.54) is 5.70 Å². The third-order valence-corrected chi connectivity index (χ3v) is 4.60. The molecule has 3 rings (SSSR count). The lowest BCUT2D eigenvalue weighted by Crippen LogP contribution is -2.47. The molecule has 5 heteroatoms. The first-order valence-corrected chi connectivity index (χ1v) is 7.63. The van der Waals surface area contributed by atoms with E-state index in [-0.39, 0.29) is 0 Å². The SMILES string of the molecule is O=C(CC1CC=CN2CSC=C12)N1CCNCC1. The van der Waals surface area contributed by atoms with Crippen molar-refractivity contribution >= 4 is 17.7 Å². The second kappa shape index (κ2) is 5.36. The predicted molar refractivity (Wildman–Crippen MR) is 73.7 cm³/mol. The highest BCUT2D eigenvalue weighted by atomic mass is 32.2. The molecule has 0 spiro atoms. The second-order valence-electron chi connectivity index (χ2n) is 4.96. The molecule has 3 aliphatic heterocycles. The third-order valence-electron chi connectivity index (χ3n) is 3.76. The molecule has 1 atom stereocenters. The quantitative estimate of drug-likeness (QED) is 0.813. The molecule has 1 saturated heterocycles. The van der Waals surface area contributed by atoms with Gasteiger partial charge in [0.15, 0.2) is 0 Å². The molecule has 1 N–H and O–H groups in total. The Balaban J connectivity index is 1.62. The van der Waals surface area contributed by atoms with Crippen LogP contribution in [0.15, 0.2) is 23.4 Å². The monoisotopic (exact) mass is 265 g/mol. The number of hydrogen-bond acceptors (Lipinski definition) is 4. The van der Waals surface area contributed by atoms with Gasteiger partial charge in [-0.3, -0.25) is 4.79 Å². The van der Waals surface area contributed by atoms with Gasteiger partial charge in [0.05, 0.1) is 5.88 Å². The van der Waals surface area contributed by atoms with Gasteiger partial charge in [0.1, 0.15) is 0 Å². The van der Waals surface area contributed by atoms with E-state index in [9.17, 15) is 4.79 Å². The predicted octanol–water partition coefficient (Wildman–Crippen LogP) is 1.19. The van der Waals surface area contributed by atoms with Crippen LogP contribution in [0, 0.1) is 5.92 Å². The van der Waals surface area contributed by atoms with Gasteiger partial charge >= 0.3 is 0 Å². The number of nitrogens with zero attached hydrogens (tertiary/aromatic N) is 2.